The maximum atomic E-state index is 13.0. The number of nitrogens with zero attached hydrogens (tertiary/aromatic N) is 4. The van der Waals surface area contributed by atoms with Gasteiger partial charge in [-0.3, -0.25) is 14.5 Å². The Morgan fingerprint density at radius 1 is 1.12 bits per heavy atom. The Morgan fingerprint density at radius 2 is 1.84 bits per heavy atom. The molecule has 1 aromatic heterocycles. The molecular formula is C21H22ClN5O3S2. The van der Waals surface area contributed by atoms with Gasteiger partial charge in [-0.25, -0.2) is 8.42 Å². The van der Waals surface area contributed by atoms with E-state index in [1.165, 1.54) is 16.4 Å². The summed E-state index contributed by atoms with van der Waals surface area (Å²) in [5.74, 6) is 0.449. The van der Waals surface area contributed by atoms with Gasteiger partial charge in [-0.05, 0) is 43.4 Å². The Morgan fingerprint density at radius 3 is 2.53 bits per heavy atom. The number of H-pyrrole nitrogens is 1. The lowest BCUT2D eigenvalue weighted by Crippen LogP contribution is -2.51. The summed E-state index contributed by atoms with van der Waals surface area (Å²) in [5.41, 5.74) is 1.94. The first-order chi connectivity index (χ1) is 15.3. The largest absolute Gasteiger partial charge is 0.338 e. The average molecular weight is 492 g/mol. The molecule has 0 atom stereocenters. The topological polar surface area (TPSA) is 91.3 Å². The standard InChI is InChI=1S/C21H22ClN5O3S2/c1-15-4-2-5-16(12-15)20-23-24-21(31)27(20)14-19(28)25-8-10-26(11-9-25)32(29,30)18-7-3-6-17(22)13-18/h2-7,12-13H,8-11,14H2,1H3,(H,24,31). The second kappa shape index (κ2) is 9.14. The van der Waals surface area contributed by atoms with Gasteiger partial charge in [-0.1, -0.05) is 41.4 Å². The second-order valence-corrected chi connectivity index (χ2v) is 10.3. The van der Waals surface area contributed by atoms with Crippen molar-refractivity contribution in [2.45, 2.75) is 18.4 Å². The fourth-order valence-electron chi connectivity index (χ4n) is 3.66. The number of aromatic amines is 1. The Bertz CT molecular complexity index is 1310. The highest BCUT2D eigenvalue weighted by Crippen LogP contribution is 2.22. The Labute approximate surface area is 196 Å². The monoisotopic (exact) mass is 491 g/mol. The highest BCUT2D eigenvalue weighted by molar-refractivity contribution is 7.89. The third kappa shape index (κ3) is 4.63. The maximum absolute atomic E-state index is 13.0. The number of aromatic nitrogens is 3. The summed E-state index contributed by atoms with van der Waals surface area (Å²) in [7, 11) is -3.66. The Hall–Kier alpha value is -2.53. The van der Waals surface area contributed by atoms with E-state index in [1.54, 1.807) is 21.6 Å². The predicted octanol–water partition coefficient (Wildman–Crippen LogP) is 3.10. The lowest BCUT2D eigenvalue weighted by molar-refractivity contribution is -0.133. The maximum Gasteiger partial charge on any atom is 0.243 e. The number of sulfonamides is 1. The van der Waals surface area contributed by atoms with Crippen molar-refractivity contribution in [3.05, 3.63) is 63.9 Å². The van der Waals surface area contributed by atoms with Gasteiger partial charge in [-0.15, -0.1) is 0 Å². The van der Waals surface area contributed by atoms with E-state index in [-0.39, 0.29) is 30.4 Å². The Kier molecular flexibility index (Phi) is 6.47. The second-order valence-electron chi connectivity index (χ2n) is 7.55. The molecule has 0 spiro atoms. The summed E-state index contributed by atoms with van der Waals surface area (Å²) >= 11 is 11.3. The SMILES string of the molecule is Cc1cccc(-c2n[nH]c(=S)n2CC(=O)N2CCN(S(=O)(=O)c3cccc(Cl)c3)CC2)c1. The van der Waals surface area contributed by atoms with Gasteiger partial charge in [0.05, 0.1) is 4.90 Å². The van der Waals surface area contributed by atoms with E-state index in [1.807, 2.05) is 31.2 Å². The van der Waals surface area contributed by atoms with Gasteiger partial charge in [-0.2, -0.15) is 9.40 Å². The third-order valence-corrected chi connectivity index (χ3v) is 7.79. The molecule has 2 aromatic carbocycles. The summed E-state index contributed by atoms with van der Waals surface area (Å²) in [5, 5.41) is 7.41. The van der Waals surface area contributed by atoms with Crippen LogP contribution in [-0.4, -0.2) is 64.5 Å². The number of hydrogen-bond acceptors (Lipinski definition) is 5. The number of piperazine rings is 1. The first-order valence-corrected chi connectivity index (χ1v) is 12.2. The van der Waals surface area contributed by atoms with Crippen LogP contribution in [0.25, 0.3) is 11.4 Å². The molecule has 1 aliphatic rings. The number of rotatable bonds is 5. The van der Waals surface area contributed by atoms with Gasteiger partial charge in [0.1, 0.15) is 6.54 Å². The smallest absolute Gasteiger partial charge is 0.243 e. The van der Waals surface area contributed by atoms with E-state index in [9.17, 15) is 13.2 Å². The Balaban J connectivity index is 1.45. The molecular weight excluding hydrogens is 470 g/mol. The van der Waals surface area contributed by atoms with Crippen LogP contribution >= 0.6 is 23.8 Å². The molecule has 0 radical (unpaired) electrons. The molecule has 0 aliphatic carbocycles. The average Bonchev–Trinajstić information content (AvgIpc) is 3.14. The molecule has 4 rings (SSSR count). The van der Waals surface area contributed by atoms with E-state index in [0.717, 1.165) is 11.1 Å². The normalized spacial score (nSPS) is 15.1. The molecule has 8 nitrogen and oxygen atoms in total. The molecule has 1 N–H and O–H groups in total. The van der Waals surface area contributed by atoms with Gasteiger partial charge >= 0.3 is 0 Å². The van der Waals surface area contributed by atoms with Crippen LogP contribution in [0.5, 0.6) is 0 Å². The van der Waals surface area contributed by atoms with E-state index in [2.05, 4.69) is 10.2 Å². The van der Waals surface area contributed by atoms with E-state index < -0.39 is 10.0 Å². The van der Waals surface area contributed by atoms with Crippen molar-refractivity contribution >= 4 is 39.7 Å². The molecule has 1 fully saturated rings. The van der Waals surface area contributed by atoms with Crippen LogP contribution < -0.4 is 0 Å². The number of benzene rings is 2. The predicted molar refractivity (Wildman–Crippen MR) is 124 cm³/mol. The number of nitrogens with one attached hydrogen (secondary N) is 1. The van der Waals surface area contributed by atoms with Gasteiger partial charge in [0.2, 0.25) is 15.9 Å². The lowest BCUT2D eigenvalue weighted by atomic mass is 10.1. The van der Waals surface area contributed by atoms with Crippen molar-refractivity contribution < 1.29 is 13.2 Å². The first kappa shape index (κ1) is 22.7. The van der Waals surface area contributed by atoms with Crippen molar-refractivity contribution in [2.24, 2.45) is 0 Å². The van der Waals surface area contributed by atoms with Crippen molar-refractivity contribution in [3.63, 3.8) is 0 Å². The summed E-state index contributed by atoms with van der Waals surface area (Å²) in [4.78, 5) is 14.8. The number of hydrogen-bond donors (Lipinski definition) is 1. The molecule has 168 valence electrons. The van der Waals surface area contributed by atoms with Gasteiger partial charge in [0.15, 0.2) is 10.6 Å². The molecule has 1 saturated heterocycles. The van der Waals surface area contributed by atoms with Crippen molar-refractivity contribution in [1.29, 1.82) is 0 Å². The molecule has 11 heteroatoms. The zero-order chi connectivity index (χ0) is 22.9. The van der Waals surface area contributed by atoms with Crippen LogP contribution in [0, 0.1) is 11.7 Å². The molecule has 0 unspecified atom stereocenters. The molecule has 0 bridgehead atoms. The van der Waals surface area contributed by atoms with Crippen molar-refractivity contribution in [1.82, 2.24) is 24.0 Å². The highest BCUT2D eigenvalue weighted by atomic mass is 35.5. The van der Waals surface area contributed by atoms with E-state index >= 15 is 0 Å². The summed E-state index contributed by atoms with van der Waals surface area (Å²) < 4.78 is 29.2. The van der Waals surface area contributed by atoms with Crippen molar-refractivity contribution in [2.75, 3.05) is 26.2 Å². The number of amides is 1. The van der Waals surface area contributed by atoms with E-state index in [4.69, 9.17) is 23.8 Å². The minimum Gasteiger partial charge on any atom is -0.338 e. The molecule has 32 heavy (non-hydrogen) atoms. The number of carbonyl (C=O) groups excluding carboxylic acids is 1. The molecule has 3 aromatic rings. The first-order valence-electron chi connectivity index (χ1n) is 10.0. The fourth-order valence-corrected chi connectivity index (χ4v) is 5.58. The number of carbonyl (C=O) groups is 1. The molecule has 1 amide bonds. The van der Waals surface area contributed by atoms with Crippen LogP contribution in [-0.2, 0) is 21.4 Å². The minimum absolute atomic E-state index is 0.0274. The van der Waals surface area contributed by atoms with Crippen LogP contribution in [0.2, 0.25) is 5.02 Å². The van der Waals surface area contributed by atoms with Gasteiger partial charge < -0.3 is 4.90 Å². The van der Waals surface area contributed by atoms with E-state index in [0.29, 0.717) is 28.7 Å². The zero-order valence-corrected chi connectivity index (χ0v) is 19.8. The lowest BCUT2D eigenvalue weighted by Gasteiger charge is -2.34. The van der Waals surface area contributed by atoms with Gasteiger partial charge in [0, 0.05) is 36.8 Å². The minimum atomic E-state index is -3.66. The van der Waals surface area contributed by atoms with Crippen LogP contribution in [0.3, 0.4) is 0 Å². The van der Waals surface area contributed by atoms with Crippen LogP contribution in [0.1, 0.15) is 5.56 Å². The fraction of sp³-hybridized carbons (Fsp3) is 0.286. The highest BCUT2D eigenvalue weighted by Gasteiger charge is 2.30. The van der Waals surface area contributed by atoms with Crippen molar-refractivity contribution in [3.8, 4) is 11.4 Å². The number of halogens is 1. The third-order valence-electron chi connectivity index (χ3n) is 5.35. The molecule has 1 aliphatic heterocycles. The van der Waals surface area contributed by atoms with Gasteiger partial charge in [0.25, 0.3) is 0 Å². The molecule has 2 heterocycles. The quantitative estimate of drug-likeness (QED) is 0.554. The molecule has 0 saturated carbocycles. The summed E-state index contributed by atoms with van der Waals surface area (Å²) in [6, 6.07) is 14.0. The summed E-state index contributed by atoms with van der Waals surface area (Å²) in [6.07, 6.45) is 0. The number of aryl methyl sites for hydroxylation is 1. The summed E-state index contributed by atoms with van der Waals surface area (Å²) in [6.45, 7) is 3.02. The zero-order valence-electron chi connectivity index (χ0n) is 17.4. The van der Waals surface area contributed by atoms with Crippen LogP contribution in [0.4, 0.5) is 0 Å². The van der Waals surface area contributed by atoms with Crippen LogP contribution in [0.15, 0.2) is 53.4 Å².